The molecular formula is C26H24N4O6. The number of nitro groups is 1. The molecule has 1 saturated heterocycles. The van der Waals surface area contributed by atoms with Crippen molar-refractivity contribution in [3.8, 4) is 16.9 Å². The summed E-state index contributed by atoms with van der Waals surface area (Å²) in [4.78, 5) is 38.1. The van der Waals surface area contributed by atoms with Crippen molar-refractivity contribution < 1.29 is 24.0 Å². The number of nitrogens with zero attached hydrogens (tertiary/aromatic N) is 2. The van der Waals surface area contributed by atoms with Crippen LogP contribution in [0.3, 0.4) is 0 Å². The number of nitro benzene ring substituents is 1. The lowest BCUT2D eigenvalue weighted by Gasteiger charge is -2.27. The Kier molecular flexibility index (Phi) is 6.26. The van der Waals surface area contributed by atoms with Gasteiger partial charge in [-0.05, 0) is 53.1 Å². The Labute approximate surface area is 207 Å². The summed E-state index contributed by atoms with van der Waals surface area (Å²) in [7, 11) is 1.38. The molecule has 5 rings (SSSR count). The van der Waals surface area contributed by atoms with E-state index in [1.165, 1.54) is 13.2 Å². The lowest BCUT2D eigenvalue weighted by molar-refractivity contribution is -0.385. The molecule has 0 unspecified atom stereocenters. The van der Waals surface area contributed by atoms with Gasteiger partial charge in [-0.3, -0.25) is 19.7 Å². The monoisotopic (exact) mass is 488 g/mol. The maximum Gasteiger partial charge on any atom is 0.310 e. The van der Waals surface area contributed by atoms with Crippen molar-refractivity contribution in [2.45, 2.75) is 6.42 Å². The lowest BCUT2D eigenvalue weighted by atomic mass is 10.0. The first kappa shape index (κ1) is 23.3. The summed E-state index contributed by atoms with van der Waals surface area (Å²) < 4.78 is 10.5. The Morgan fingerprint density at radius 1 is 1.00 bits per heavy atom. The second-order valence-corrected chi connectivity index (χ2v) is 8.53. The van der Waals surface area contributed by atoms with Gasteiger partial charge in [0.05, 0.1) is 54.3 Å². The molecule has 0 saturated carbocycles. The Morgan fingerprint density at radius 3 is 2.50 bits per heavy atom. The van der Waals surface area contributed by atoms with E-state index in [2.05, 4.69) is 10.6 Å². The van der Waals surface area contributed by atoms with Gasteiger partial charge in [-0.15, -0.1) is 0 Å². The fourth-order valence-electron chi connectivity index (χ4n) is 4.38. The summed E-state index contributed by atoms with van der Waals surface area (Å²) in [5, 5.41) is 17.5. The quantitative estimate of drug-likeness (QED) is 0.411. The van der Waals surface area contributed by atoms with Crippen molar-refractivity contribution in [1.29, 1.82) is 0 Å². The number of carbonyl (C=O) groups is 2. The predicted octanol–water partition coefficient (Wildman–Crippen LogP) is 3.98. The molecule has 1 fully saturated rings. The van der Waals surface area contributed by atoms with Crippen molar-refractivity contribution in [3.05, 3.63) is 75.8 Å². The van der Waals surface area contributed by atoms with Crippen LogP contribution in [-0.4, -0.2) is 55.1 Å². The Hall–Kier alpha value is -4.44. The zero-order valence-electron chi connectivity index (χ0n) is 19.6. The smallest absolute Gasteiger partial charge is 0.310 e. The number of hydrogen-bond donors (Lipinski definition) is 2. The number of nitrogens with one attached hydrogen (secondary N) is 2. The van der Waals surface area contributed by atoms with Crippen LogP contribution in [0.2, 0.25) is 0 Å². The lowest BCUT2D eigenvalue weighted by Crippen LogP contribution is -2.41. The third kappa shape index (κ3) is 4.58. The molecule has 2 amide bonds. The number of hydrogen-bond acceptors (Lipinski definition) is 7. The highest BCUT2D eigenvalue weighted by Gasteiger charge is 2.22. The minimum Gasteiger partial charge on any atom is -0.490 e. The van der Waals surface area contributed by atoms with Crippen LogP contribution in [-0.2, 0) is 16.0 Å². The second kappa shape index (κ2) is 9.67. The highest BCUT2D eigenvalue weighted by molar-refractivity contribution is 6.12. The number of morpholine rings is 1. The molecule has 2 aliphatic rings. The Balaban J connectivity index is 1.44. The molecule has 2 N–H and O–H groups in total. The van der Waals surface area contributed by atoms with Crippen LogP contribution in [0.4, 0.5) is 22.7 Å². The molecule has 3 aromatic rings. The van der Waals surface area contributed by atoms with Crippen LogP contribution in [0.5, 0.6) is 5.75 Å². The van der Waals surface area contributed by atoms with Gasteiger partial charge in [0.25, 0.3) is 5.91 Å². The van der Waals surface area contributed by atoms with E-state index in [9.17, 15) is 19.7 Å². The average Bonchev–Trinajstić information content (AvgIpc) is 3.03. The van der Waals surface area contributed by atoms with E-state index >= 15 is 0 Å². The fourth-order valence-corrected chi connectivity index (χ4v) is 4.38. The van der Waals surface area contributed by atoms with Crippen molar-refractivity contribution in [2.24, 2.45) is 0 Å². The standard InChI is InChI=1S/C26H24N4O6/c1-35-24-15-18(4-7-23(24)30(33)34)17-3-5-19-21(14-17)27-22-12-16(2-6-20(22)28-26(19)32)13-25(31)29-8-10-36-11-9-29/h2-7,12,14-15,27H,8-11,13H2,1H3,(H,28,32). The Bertz CT molecular complexity index is 1370. The molecule has 184 valence electrons. The summed E-state index contributed by atoms with van der Waals surface area (Å²) in [5.74, 6) is -0.0787. The fraction of sp³-hybridized carbons (Fsp3) is 0.231. The molecule has 10 heteroatoms. The van der Waals surface area contributed by atoms with E-state index in [1.54, 1.807) is 35.2 Å². The van der Waals surface area contributed by atoms with Crippen LogP contribution >= 0.6 is 0 Å². The molecule has 0 radical (unpaired) electrons. The highest BCUT2D eigenvalue weighted by atomic mass is 16.6. The number of methoxy groups -OCH3 is 1. The number of amides is 2. The van der Waals surface area contributed by atoms with E-state index in [4.69, 9.17) is 9.47 Å². The molecule has 2 heterocycles. The molecule has 0 aromatic heterocycles. The van der Waals surface area contributed by atoms with Gasteiger partial charge < -0.3 is 25.0 Å². The van der Waals surface area contributed by atoms with Gasteiger partial charge in [-0.2, -0.15) is 0 Å². The minimum atomic E-state index is -0.496. The van der Waals surface area contributed by atoms with Gasteiger partial charge in [0.1, 0.15) is 0 Å². The summed E-state index contributed by atoms with van der Waals surface area (Å²) in [5.41, 5.74) is 4.48. The minimum absolute atomic E-state index is 0.0331. The van der Waals surface area contributed by atoms with Gasteiger partial charge in [0, 0.05) is 19.2 Å². The maximum absolute atomic E-state index is 12.9. The molecule has 0 aliphatic carbocycles. The molecule has 0 bridgehead atoms. The summed E-state index contributed by atoms with van der Waals surface area (Å²) >= 11 is 0. The van der Waals surface area contributed by atoms with E-state index in [0.717, 1.165) is 11.1 Å². The largest absolute Gasteiger partial charge is 0.490 e. The summed E-state index contributed by atoms with van der Waals surface area (Å²) in [6.07, 6.45) is 0.248. The van der Waals surface area contributed by atoms with Crippen molar-refractivity contribution in [1.82, 2.24) is 4.90 Å². The van der Waals surface area contributed by atoms with Crippen LogP contribution in [0, 0.1) is 10.1 Å². The molecule has 3 aromatic carbocycles. The third-order valence-electron chi connectivity index (χ3n) is 6.29. The van der Waals surface area contributed by atoms with Gasteiger partial charge in [0.15, 0.2) is 5.75 Å². The van der Waals surface area contributed by atoms with Crippen LogP contribution in [0.1, 0.15) is 15.9 Å². The zero-order chi connectivity index (χ0) is 25.2. The normalized spacial score (nSPS) is 14.6. The number of anilines is 3. The topological polar surface area (TPSA) is 123 Å². The van der Waals surface area contributed by atoms with Crippen LogP contribution in [0.25, 0.3) is 11.1 Å². The highest BCUT2D eigenvalue weighted by Crippen LogP contribution is 2.37. The summed E-state index contributed by atoms with van der Waals surface area (Å²) in [6, 6.07) is 15.4. The first-order valence-electron chi connectivity index (χ1n) is 11.5. The number of rotatable bonds is 5. The van der Waals surface area contributed by atoms with Crippen molar-refractivity contribution in [3.63, 3.8) is 0 Å². The number of ether oxygens (including phenoxy) is 2. The predicted molar refractivity (Wildman–Crippen MR) is 134 cm³/mol. The number of fused-ring (bicyclic) bond motifs is 2. The first-order chi connectivity index (χ1) is 17.4. The van der Waals surface area contributed by atoms with Gasteiger partial charge in [-0.1, -0.05) is 12.1 Å². The molecule has 10 nitrogen and oxygen atoms in total. The zero-order valence-corrected chi connectivity index (χ0v) is 19.6. The van der Waals surface area contributed by atoms with Crippen molar-refractivity contribution >= 4 is 34.6 Å². The molecule has 0 spiro atoms. The maximum atomic E-state index is 12.9. The van der Waals surface area contributed by atoms with E-state index < -0.39 is 4.92 Å². The molecule has 0 atom stereocenters. The summed E-state index contributed by atoms with van der Waals surface area (Å²) in [6.45, 7) is 2.26. The second-order valence-electron chi connectivity index (χ2n) is 8.53. The Morgan fingerprint density at radius 2 is 1.75 bits per heavy atom. The first-order valence-corrected chi connectivity index (χ1v) is 11.5. The SMILES string of the molecule is COc1cc(-c2ccc3c(c2)Nc2cc(CC(=O)N4CCOCC4)ccc2NC3=O)ccc1[N+](=O)[O-]. The third-order valence-corrected chi connectivity index (χ3v) is 6.29. The van der Waals surface area contributed by atoms with Gasteiger partial charge in [0.2, 0.25) is 5.91 Å². The van der Waals surface area contributed by atoms with Crippen LogP contribution < -0.4 is 15.4 Å². The van der Waals surface area contributed by atoms with E-state index in [1.807, 2.05) is 18.2 Å². The van der Waals surface area contributed by atoms with Crippen LogP contribution in [0.15, 0.2) is 54.6 Å². The van der Waals surface area contributed by atoms with Crippen molar-refractivity contribution in [2.75, 3.05) is 44.0 Å². The van der Waals surface area contributed by atoms with E-state index in [0.29, 0.717) is 54.5 Å². The molecule has 36 heavy (non-hydrogen) atoms. The average molecular weight is 489 g/mol. The molecule has 2 aliphatic heterocycles. The van der Waals surface area contributed by atoms with E-state index in [-0.39, 0.29) is 29.7 Å². The van der Waals surface area contributed by atoms with Gasteiger partial charge in [-0.25, -0.2) is 0 Å². The molecular weight excluding hydrogens is 464 g/mol. The number of benzene rings is 3. The van der Waals surface area contributed by atoms with Gasteiger partial charge >= 0.3 is 5.69 Å². The number of carbonyl (C=O) groups excluding carboxylic acids is 2.